The van der Waals surface area contributed by atoms with E-state index in [-0.39, 0.29) is 61.0 Å². The number of likely N-dealkylation sites (N-methyl/N-ethyl adjacent to an activating group) is 1. The minimum atomic E-state index is -0.262. The average Bonchev–Trinajstić information content (AvgIpc) is 3.16. The Bertz CT molecular complexity index is 614. The highest BCUT2D eigenvalue weighted by Crippen LogP contribution is 2.28. The van der Waals surface area contributed by atoms with Gasteiger partial charge in [0.05, 0.1) is 12.1 Å². The highest BCUT2D eigenvalue weighted by molar-refractivity contribution is 7.99. The van der Waals surface area contributed by atoms with Gasteiger partial charge in [0.1, 0.15) is 5.82 Å². The molecule has 2 aliphatic heterocycles. The first kappa shape index (κ1) is 27.6. The fourth-order valence-corrected chi connectivity index (χ4v) is 4.36. The first-order chi connectivity index (χ1) is 12.1. The number of nitrogens with zero attached hydrogens (tertiary/aromatic N) is 2. The van der Waals surface area contributed by atoms with E-state index in [1.807, 2.05) is 13.0 Å². The molecule has 0 radical (unpaired) electrons. The molecular weight excluding hydrogens is 446 g/mol. The van der Waals surface area contributed by atoms with Gasteiger partial charge >= 0.3 is 0 Å². The van der Waals surface area contributed by atoms with Crippen LogP contribution in [-0.2, 0) is 4.79 Å². The Balaban J connectivity index is 0.00000243. The summed E-state index contributed by atoms with van der Waals surface area (Å²) >= 11 is 1.72. The average molecular weight is 476 g/mol. The van der Waals surface area contributed by atoms with Gasteiger partial charge in [0.2, 0.25) is 5.91 Å². The number of hydrogen-bond donors (Lipinski definition) is 2. The zero-order valence-corrected chi connectivity index (χ0v) is 19.4. The molecule has 0 spiro atoms. The third-order valence-corrected chi connectivity index (χ3v) is 5.95. The molecule has 0 aromatic heterocycles. The number of nitrogens with one attached hydrogen (secondary N) is 2. The van der Waals surface area contributed by atoms with Gasteiger partial charge in [-0.2, -0.15) is 0 Å². The van der Waals surface area contributed by atoms with Crippen LogP contribution in [-0.4, -0.2) is 61.2 Å². The maximum atomic E-state index is 13.9. The summed E-state index contributed by atoms with van der Waals surface area (Å²) in [5.41, 5.74) is 1.88. The number of piperazine rings is 1. The van der Waals surface area contributed by atoms with E-state index in [2.05, 4.69) is 27.4 Å². The van der Waals surface area contributed by atoms with Crippen molar-refractivity contribution >= 4 is 60.6 Å². The molecule has 1 aromatic carbocycles. The van der Waals surface area contributed by atoms with Crippen molar-refractivity contribution in [1.29, 1.82) is 0 Å². The summed E-state index contributed by atoms with van der Waals surface area (Å²) in [5, 5.41) is 6.22. The van der Waals surface area contributed by atoms with Gasteiger partial charge in [-0.1, -0.05) is 6.92 Å². The normalized spacial score (nSPS) is 20.4. The Kier molecular flexibility index (Phi) is 12.8. The predicted molar refractivity (Wildman–Crippen MR) is 123 cm³/mol. The van der Waals surface area contributed by atoms with Crippen LogP contribution in [0.5, 0.6) is 0 Å². The molecule has 10 heteroatoms. The summed E-state index contributed by atoms with van der Waals surface area (Å²) < 4.78 is 13.9. The first-order valence-electron chi connectivity index (χ1n) is 8.96. The molecule has 2 saturated heterocycles. The lowest BCUT2D eigenvalue weighted by Crippen LogP contribution is -2.47. The summed E-state index contributed by atoms with van der Waals surface area (Å²) in [6.07, 6.45) is 0. The van der Waals surface area contributed by atoms with Gasteiger partial charge in [-0.15, -0.1) is 49.0 Å². The fourth-order valence-electron chi connectivity index (χ4n) is 3.42. The summed E-state index contributed by atoms with van der Waals surface area (Å²) in [6.45, 7) is 9.03. The summed E-state index contributed by atoms with van der Waals surface area (Å²) in [5.74, 6) is 1.32. The molecule has 1 unspecified atom stereocenters. The van der Waals surface area contributed by atoms with Crippen molar-refractivity contribution in [2.24, 2.45) is 0 Å². The molecular formula is C18H30Cl3FN4OS. The molecule has 1 amide bonds. The van der Waals surface area contributed by atoms with E-state index in [0.717, 1.165) is 55.6 Å². The van der Waals surface area contributed by atoms with Crippen molar-refractivity contribution in [2.75, 3.05) is 49.3 Å². The molecule has 0 bridgehead atoms. The minimum Gasteiger partial charge on any atom is -0.369 e. The molecule has 1 aromatic rings. The zero-order chi connectivity index (χ0) is 17.8. The molecule has 2 N–H and O–H groups in total. The molecule has 5 nitrogen and oxygen atoms in total. The molecule has 2 atom stereocenters. The monoisotopic (exact) mass is 474 g/mol. The minimum absolute atomic E-state index is 0. The Labute approximate surface area is 189 Å². The maximum absolute atomic E-state index is 13.9. The Morgan fingerprint density at radius 2 is 1.96 bits per heavy atom. The van der Waals surface area contributed by atoms with Crippen LogP contribution in [0.25, 0.3) is 0 Å². The van der Waals surface area contributed by atoms with Crippen LogP contribution in [0.15, 0.2) is 18.2 Å². The third-order valence-electron chi connectivity index (χ3n) is 5.01. The van der Waals surface area contributed by atoms with Crippen LogP contribution in [0.2, 0.25) is 0 Å². The van der Waals surface area contributed by atoms with Crippen molar-refractivity contribution < 1.29 is 9.18 Å². The second-order valence-corrected chi connectivity index (χ2v) is 7.66. The quantitative estimate of drug-likeness (QED) is 0.685. The van der Waals surface area contributed by atoms with E-state index in [4.69, 9.17) is 0 Å². The van der Waals surface area contributed by atoms with Crippen LogP contribution in [0.4, 0.5) is 10.1 Å². The Morgan fingerprint density at radius 1 is 1.29 bits per heavy atom. The second kappa shape index (κ2) is 13.0. The van der Waals surface area contributed by atoms with Crippen molar-refractivity contribution in [3.63, 3.8) is 0 Å². The Morgan fingerprint density at radius 3 is 2.54 bits per heavy atom. The van der Waals surface area contributed by atoms with Crippen LogP contribution >= 0.6 is 49.0 Å². The van der Waals surface area contributed by atoms with Gasteiger partial charge in [-0.05, 0) is 31.7 Å². The van der Waals surface area contributed by atoms with E-state index in [1.54, 1.807) is 17.8 Å². The van der Waals surface area contributed by atoms with E-state index >= 15 is 0 Å². The summed E-state index contributed by atoms with van der Waals surface area (Å²) in [6, 6.07) is 4.53. The molecule has 0 saturated carbocycles. The maximum Gasteiger partial charge on any atom is 0.238 e. The summed E-state index contributed by atoms with van der Waals surface area (Å²) in [7, 11) is 0. The number of halogens is 4. The van der Waals surface area contributed by atoms with Crippen molar-refractivity contribution in [1.82, 2.24) is 15.5 Å². The van der Waals surface area contributed by atoms with Gasteiger partial charge in [-0.3, -0.25) is 10.1 Å². The number of thioether (sulfide) groups is 1. The van der Waals surface area contributed by atoms with E-state index < -0.39 is 0 Å². The topological polar surface area (TPSA) is 47.6 Å². The van der Waals surface area contributed by atoms with Gasteiger partial charge in [0, 0.05) is 49.1 Å². The lowest BCUT2D eigenvalue weighted by atomic mass is 10.0. The van der Waals surface area contributed by atoms with Crippen LogP contribution in [0.1, 0.15) is 25.5 Å². The SMILES string of the molecule is CCN1CCN(c2ccc(F)cc2C(C)NC(=O)[C@H]2CSCN2)CC1.Cl.Cl.Cl. The number of benzene rings is 1. The zero-order valence-electron chi connectivity index (χ0n) is 16.2. The molecule has 162 valence electrons. The fraction of sp³-hybridized carbons (Fsp3) is 0.611. The first-order valence-corrected chi connectivity index (χ1v) is 10.1. The molecule has 28 heavy (non-hydrogen) atoms. The predicted octanol–water partition coefficient (Wildman–Crippen LogP) is 3.07. The van der Waals surface area contributed by atoms with E-state index in [1.165, 1.54) is 6.07 Å². The van der Waals surface area contributed by atoms with Gasteiger partial charge in [0.25, 0.3) is 0 Å². The van der Waals surface area contributed by atoms with Crippen LogP contribution in [0, 0.1) is 5.82 Å². The van der Waals surface area contributed by atoms with Gasteiger partial charge in [0.15, 0.2) is 0 Å². The largest absolute Gasteiger partial charge is 0.369 e. The molecule has 3 rings (SSSR count). The van der Waals surface area contributed by atoms with Gasteiger partial charge in [-0.25, -0.2) is 4.39 Å². The van der Waals surface area contributed by atoms with Crippen LogP contribution in [0.3, 0.4) is 0 Å². The van der Waals surface area contributed by atoms with E-state index in [0.29, 0.717) is 0 Å². The smallest absolute Gasteiger partial charge is 0.238 e. The van der Waals surface area contributed by atoms with E-state index in [9.17, 15) is 9.18 Å². The second-order valence-electron chi connectivity index (χ2n) is 6.63. The molecule has 2 aliphatic rings. The van der Waals surface area contributed by atoms with Crippen molar-refractivity contribution in [3.8, 4) is 0 Å². The number of amides is 1. The number of anilines is 1. The highest BCUT2D eigenvalue weighted by Gasteiger charge is 2.26. The van der Waals surface area contributed by atoms with Gasteiger partial charge < -0.3 is 15.1 Å². The lowest BCUT2D eigenvalue weighted by Gasteiger charge is -2.37. The standard InChI is InChI=1S/C18H27FN4OS.3ClH/c1-3-22-6-8-23(9-7-22)17-5-4-14(19)10-15(17)13(2)21-18(24)16-11-25-12-20-16;;;/h4-5,10,13,16,20H,3,6-9,11-12H2,1-2H3,(H,21,24);3*1H/t13?,16-;;;/m1.../s1. The third kappa shape index (κ3) is 6.82. The Hall–Kier alpha value is -0.440. The van der Waals surface area contributed by atoms with Crippen LogP contribution < -0.4 is 15.5 Å². The summed E-state index contributed by atoms with van der Waals surface area (Å²) in [4.78, 5) is 17.1. The number of carbonyl (C=O) groups excluding carboxylic acids is 1. The molecule has 2 fully saturated rings. The highest BCUT2D eigenvalue weighted by atomic mass is 35.5. The number of carbonyl (C=O) groups is 1. The lowest BCUT2D eigenvalue weighted by molar-refractivity contribution is -0.123. The number of rotatable bonds is 5. The van der Waals surface area contributed by atoms with Crippen molar-refractivity contribution in [2.45, 2.75) is 25.9 Å². The number of hydrogen-bond acceptors (Lipinski definition) is 5. The molecule has 0 aliphatic carbocycles. The van der Waals surface area contributed by atoms with Crippen molar-refractivity contribution in [3.05, 3.63) is 29.6 Å². The molecule has 2 heterocycles.